The molecule has 0 aliphatic rings. The van der Waals surface area contributed by atoms with Crippen LogP contribution in [0.4, 0.5) is 5.69 Å². The second-order valence-corrected chi connectivity index (χ2v) is 8.74. The Hall–Kier alpha value is -2.69. The van der Waals surface area contributed by atoms with Crippen molar-refractivity contribution in [2.45, 2.75) is 6.61 Å². The van der Waals surface area contributed by atoms with Gasteiger partial charge in [-0.1, -0.05) is 53.0 Å². The van der Waals surface area contributed by atoms with Crippen molar-refractivity contribution in [1.82, 2.24) is 0 Å². The quantitative estimate of drug-likeness (QED) is 0.237. The third-order valence-electron chi connectivity index (χ3n) is 4.44. The molecule has 0 fully saturated rings. The maximum atomic E-state index is 12.6. The summed E-state index contributed by atoms with van der Waals surface area (Å²) >= 11 is 21.5. The zero-order chi connectivity index (χ0) is 24.0. The van der Waals surface area contributed by atoms with Gasteiger partial charge in [-0.3, -0.25) is 4.79 Å². The first kappa shape index (κ1) is 24.9. The smallest absolute Gasteiger partial charge is 0.266 e. The minimum absolute atomic E-state index is 0.111. The molecule has 0 unspecified atom stereocenters. The lowest BCUT2D eigenvalue weighted by Crippen LogP contribution is -2.13. The van der Waals surface area contributed by atoms with Crippen LogP contribution in [0.25, 0.3) is 6.08 Å². The summed E-state index contributed by atoms with van der Waals surface area (Å²) in [4.78, 5) is 12.6. The Morgan fingerprint density at radius 2 is 1.85 bits per heavy atom. The Morgan fingerprint density at radius 1 is 1.09 bits per heavy atom. The Balaban J connectivity index is 1.83. The van der Waals surface area contributed by atoms with Crippen LogP contribution in [-0.4, -0.2) is 13.0 Å². The molecule has 168 valence electrons. The average Bonchev–Trinajstić information content (AvgIpc) is 2.79. The number of ether oxygens (including phenoxy) is 2. The molecule has 1 amide bonds. The number of nitriles is 1. The van der Waals surface area contributed by atoms with Gasteiger partial charge in [-0.25, -0.2) is 0 Å². The number of carbonyl (C=O) groups is 1. The molecule has 0 saturated heterocycles. The molecule has 0 aliphatic heterocycles. The summed E-state index contributed by atoms with van der Waals surface area (Å²) in [5.41, 5.74) is 1.69. The molecule has 5 nitrogen and oxygen atoms in total. The molecule has 33 heavy (non-hydrogen) atoms. The van der Waals surface area contributed by atoms with Crippen LogP contribution in [0.15, 0.2) is 64.6 Å². The average molecular weight is 567 g/mol. The highest BCUT2D eigenvalue weighted by atomic mass is 79.9. The van der Waals surface area contributed by atoms with Crippen molar-refractivity contribution in [3.05, 3.63) is 90.8 Å². The van der Waals surface area contributed by atoms with Crippen molar-refractivity contribution >= 4 is 68.4 Å². The van der Waals surface area contributed by atoms with Gasteiger partial charge in [0.1, 0.15) is 18.2 Å². The standard InChI is InChI=1S/C24H16BrCl3N2O3/c1-32-22-10-14(9-18(25)23(22)33-13-15-4-2-3-5-19(15)26)8-16(12-29)24(31)30-17-6-7-20(27)21(28)11-17/h2-11H,13H2,1H3,(H,30,31)/b16-8+. The van der Waals surface area contributed by atoms with Gasteiger partial charge in [0.2, 0.25) is 0 Å². The molecule has 0 spiro atoms. The molecule has 0 saturated carbocycles. The number of anilines is 1. The Kier molecular flexibility index (Phi) is 8.65. The fraction of sp³-hybridized carbons (Fsp3) is 0.0833. The first-order valence-electron chi connectivity index (χ1n) is 9.44. The van der Waals surface area contributed by atoms with E-state index >= 15 is 0 Å². The monoisotopic (exact) mass is 564 g/mol. The molecule has 1 N–H and O–H groups in total. The summed E-state index contributed by atoms with van der Waals surface area (Å²) in [6.45, 7) is 0.235. The summed E-state index contributed by atoms with van der Waals surface area (Å²) < 4.78 is 12.0. The van der Waals surface area contributed by atoms with Crippen LogP contribution < -0.4 is 14.8 Å². The van der Waals surface area contributed by atoms with Gasteiger partial charge in [0.25, 0.3) is 5.91 Å². The molecular formula is C24H16BrCl3N2O3. The number of nitrogens with zero attached hydrogens (tertiary/aromatic N) is 1. The summed E-state index contributed by atoms with van der Waals surface area (Å²) in [6, 6.07) is 17.3. The first-order valence-corrected chi connectivity index (χ1v) is 11.4. The summed E-state index contributed by atoms with van der Waals surface area (Å²) in [5, 5.41) is 13.4. The van der Waals surface area contributed by atoms with Crippen LogP contribution >= 0.6 is 50.7 Å². The highest BCUT2D eigenvalue weighted by molar-refractivity contribution is 9.10. The molecule has 0 atom stereocenters. The molecule has 3 aromatic carbocycles. The predicted molar refractivity (Wildman–Crippen MR) is 135 cm³/mol. The lowest BCUT2D eigenvalue weighted by atomic mass is 10.1. The molecule has 0 aromatic heterocycles. The fourth-order valence-corrected chi connectivity index (χ4v) is 3.88. The van der Waals surface area contributed by atoms with E-state index in [1.54, 1.807) is 30.3 Å². The fourth-order valence-electron chi connectivity index (χ4n) is 2.82. The van der Waals surface area contributed by atoms with E-state index in [2.05, 4.69) is 21.2 Å². The number of rotatable bonds is 7. The topological polar surface area (TPSA) is 71.3 Å². The number of carbonyl (C=O) groups excluding carboxylic acids is 1. The van der Waals surface area contributed by atoms with Crippen molar-refractivity contribution in [2.75, 3.05) is 12.4 Å². The van der Waals surface area contributed by atoms with Crippen LogP contribution in [0.1, 0.15) is 11.1 Å². The van der Waals surface area contributed by atoms with Gasteiger partial charge >= 0.3 is 0 Å². The van der Waals surface area contributed by atoms with Crippen LogP contribution in [0.2, 0.25) is 15.1 Å². The molecule has 9 heteroatoms. The van der Waals surface area contributed by atoms with Gasteiger partial charge in [0.15, 0.2) is 11.5 Å². The second-order valence-electron chi connectivity index (χ2n) is 6.67. The van der Waals surface area contributed by atoms with Crippen molar-refractivity contribution in [3.8, 4) is 17.6 Å². The SMILES string of the molecule is COc1cc(/C=C(\C#N)C(=O)Nc2ccc(Cl)c(Cl)c2)cc(Br)c1OCc1ccccc1Cl. The number of amides is 1. The third-order valence-corrected chi connectivity index (χ3v) is 6.13. The number of methoxy groups -OCH3 is 1. The Bertz CT molecular complexity index is 1270. The maximum absolute atomic E-state index is 12.6. The van der Waals surface area contributed by atoms with Crippen LogP contribution in [0, 0.1) is 11.3 Å². The largest absolute Gasteiger partial charge is 0.493 e. The van der Waals surface area contributed by atoms with Gasteiger partial charge < -0.3 is 14.8 Å². The predicted octanol–water partition coefficient (Wildman–Crippen LogP) is 7.54. The molecule has 0 radical (unpaired) electrons. The van der Waals surface area contributed by atoms with Gasteiger partial charge in [-0.15, -0.1) is 0 Å². The van der Waals surface area contributed by atoms with Crippen LogP contribution in [0.3, 0.4) is 0 Å². The summed E-state index contributed by atoms with van der Waals surface area (Å²) in [7, 11) is 1.50. The van der Waals surface area contributed by atoms with E-state index in [4.69, 9.17) is 44.3 Å². The Morgan fingerprint density at radius 3 is 2.52 bits per heavy atom. The van der Waals surface area contributed by atoms with E-state index in [1.165, 1.54) is 19.3 Å². The molecular weight excluding hydrogens is 551 g/mol. The number of halogens is 4. The van der Waals surface area contributed by atoms with Crippen molar-refractivity contribution < 1.29 is 14.3 Å². The number of nitrogens with one attached hydrogen (secondary N) is 1. The first-order chi connectivity index (χ1) is 15.8. The van der Waals surface area contributed by atoms with E-state index < -0.39 is 5.91 Å². The normalized spacial score (nSPS) is 11.0. The van der Waals surface area contributed by atoms with Crippen LogP contribution in [-0.2, 0) is 11.4 Å². The summed E-state index contributed by atoms with van der Waals surface area (Å²) in [6.07, 6.45) is 1.44. The maximum Gasteiger partial charge on any atom is 0.266 e. The van der Waals surface area contributed by atoms with Gasteiger partial charge in [-0.2, -0.15) is 5.26 Å². The third kappa shape index (κ3) is 6.43. The number of benzene rings is 3. The van der Waals surface area contributed by atoms with Crippen molar-refractivity contribution in [3.63, 3.8) is 0 Å². The van der Waals surface area contributed by atoms with E-state index in [0.29, 0.717) is 37.3 Å². The highest BCUT2D eigenvalue weighted by Crippen LogP contribution is 2.38. The molecule has 0 aliphatic carbocycles. The molecule has 3 rings (SSSR count). The Labute approximate surface area is 214 Å². The van der Waals surface area contributed by atoms with E-state index in [1.807, 2.05) is 24.3 Å². The van der Waals surface area contributed by atoms with E-state index in [0.717, 1.165) is 5.56 Å². The van der Waals surface area contributed by atoms with E-state index in [9.17, 15) is 10.1 Å². The second kappa shape index (κ2) is 11.4. The van der Waals surface area contributed by atoms with Gasteiger partial charge in [0, 0.05) is 16.3 Å². The summed E-state index contributed by atoms with van der Waals surface area (Å²) in [5.74, 6) is 0.295. The zero-order valence-electron chi connectivity index (χ0n) is 17.2. The molecule has 0 bridgehead atoms. The van der Waals surface area contributed by atoms with Gasteiger partial charge in [-0.05, 0) is 64.0 Å². The minimum atomic E-state index is -0.593. The van der Waals surface area contributed by atoms with Gasteiger partial charge in [0.05, 0.1) is 21.6 Å². The zero-order valence-corrected chi connectivity index (χ0v) is 21.0. The van der Waals surface area contributed by atoms with Crippen LogP contribution in [0.5, 0.6) is 11.5 Å². The van der Waals surface area contributed by atoms with Crippen molar-refractivity contribution in [2.24, 2.45) is 0 Å². The minimum Gasteiger partial charge on any atom is -0.493 e. The number of hydrogen-bond donors (Lipinski definition) is 1. The molecule has 3 aromatic rings. The lowest BCUT2D eigenvalue weighted by molar-refractivity contribution is -0.112. The highest BCUT2D eigenvalue weighted by Gasteiger charge is 2.15. The van der Waals surface area contributed by atoms with Crippen molar-refractivity contribution in [1.29, 1.82) is 5.26 Å². The molecule has 0 heterocycles. The number of hydrogen-bond acceptors (Lipinski definition) is 4. The van der Waals surface area contributed by atoms with E-state index in [-0.39, 0.29) is 17.2 Å². The lowest BCUT2D eigenvalue weighted by Gasteiger charge is -2.14.